The zero-order chi connectivity index (χ0) is 22.8. The molecule has 1 atom stereocenters. The standard InChI is InChI=1S/C23H20N6O3/c1-13-19(23(31)28-17-5-3-4-6-18(17)32-2)20(15-9-7-14(11-24)8-10-15)29-22(27-13)16(12-26-29)21(25)30/h3-10,12,20,27H,1-2H3,(H2,25,30)(H,28,31). The quantitative estimate of drug-likeness (QED) is 0.572. The fourth-order valence-electron chi connectivity index (χ4n) is 3.72. The van der Waals surface area contributed by atoms with E-state index in [9.17, 15) is 9.59 Å². The van der Waals surface area contributed by atoms with Crippen molar-refractivity contribution >= 4 is 23.3 Å². The van der Waals surface area contributed by atoms with Crippen molar-refractivity contribution in [1.82, 2.24) is 9.78 Å². The summed E-state index contributed by atoms with van der Waals surface area (Å²) in [7, 11) is 1.53. The molecular formula is C23H20N6O3. The molecule has 2 amide bonds. The second-order valence-corrected chi connectivity index (χ2v) is 7.17. The monoisotopic (exact) mass is 428 g/mol. The minimum absolute atomic E-state index is 0.215. The average molecular weight is 428 g/mol. The summed E-state index contributed by atoms with van der Waals surface area (Å²) < 4.78 is 6.88. The number of nitrogens with two attached hydrogens (primary N) is 1. The first-order valence-corrected chi connectivity index (χ1v) is 9.74. The first-order chi connectivity index (χ1) is 15.4. The van der Waals surface area contributed by atoms with Crippen molar-refractivity contribution in [2.24, 2.45) is 5.73 Å². The number of nitrogens with zero attached hydrogens (tertiary/aromatic N) is 3. The number of rotatable bonds is 5. The zero-order valence-corrected chi connectivity index (χ0v) is 17.4. The number of aromatic nitrogens is 2. The van der Waals surface area contributed by atoms with Gasteiger partial charge in [-0.15, -0.1) is 0 Å². The average Bonchev–Trinajstić information content (AvgIpc) is 3.22. The van der Waals surface area contributed by atoms with E-state index in [-0.39, 0.29) is 11.5 Å². The van der Waals surface area contributed by atoms with E-state index in [0.29, 0.717) is 34.1 Å². The van der Waals surface area contributed by atoms with Crippen molar-refractivity contribution in [3.05, 3.63) is 82.7 Å². The number of allylic oxidation sites excluding steroid dienone is 1. The van der Waals surface area contributed by atoms with Gasteiger partial charge in [-0.1, -0.05) is 24.3 Å². The van der Waals surface area contributed by atoms with Crippen molar-refractivity contribution in [2.75, 3.05) is 17.7 Å². The van der Waals surface area contributed by atoms with Crippen LogP contribution in [0.4, 0.5) is 11.5 Å². The molecule has 4 N–H and O–H groups in total. The molecule has 0 aliphatic carbocycles. The van der Waals surface area contributed by atoms with Crippen LogP contribution in [-0.4, -0.2) is 28.7 Å². The third-order valence-electron chi connectivity index (χ3n) is 5.24. The number of para-hydroxylation sites is 2. The van der Waals surface area contributed by atoms with Crippen LogP contribution in [0, 0.1) is 11.3 Å². The second kappa shape index (κ2) is 8.28. The summed E-state index contributed by atoms with van der Waals surface area (Å²) in [4.78, 5) is 25.3. The maximum Gasteiger partial charge on any atom is 0.255 e. The normalized spacial score (nSPS) is 14.7. The van der Waals surface area contributed by atoms with Crippen LogP contribution < -0.4 is 21.1 Å². The minimum Gasteiger partial charge on any atom is -0.495 e. The molecule has 32 heavy (non-hydrogen) atoms. The number of hydrogen-bond donors (Lipinski definition) is 3. The van der Waals surface area contributed by atoms with Crippen LogP contribution >= 0.6 is 0 Å². The summed E-state index contributed by atoms with van der Waals surface area (Å²) in [5.41, 5.74) is 8.38. The molecule has 0 saturated heterocycles. The molecule has 9 nitrogen and oxygen atoms in total. The molecule has 2 heterocycles. The number of ether oxygens (including phenoxy) is 1. The van der Waals surface area contributed by atoms with Gasteiger partial charge in [0.2, 0.25) is 0 Å². The number of carbonyl (C=O) groups excluding carboxylic acids is 2. The van der Waals surface area contributed by atoms with Crippen molar-refractivity contribution in [2.45, 2.75) is 13.0 Å². The van der Waals surface area contributed by atoms with Gasteiger partial charge in [-0.3, -0.25) is 9.59 Å². The highest BCUT2D eigenvalue weighted by Crippen LogP contribution is 2.38. The van der Waals surface area contributed by atoms with E-state index in [0.717, 1.165) is 5.56 Å². The van der Waals surface area contributed by atoms with E-state index in [4.69, 9.17) is 15.7 Å². The Morgan fingerprint density at radius 2 is 1.94 bits per heavy atom. The lowest BCUT2D eigenvalue weighted by Gasteiger charge is -2.30. The van der Waals surface area contributed by atoms with Crippen molar-refractivity contribution in [1.29, 1.82) is 5.26 Å². The molecule has 160 valence electrons. The van der Waals surface area contributed by atoms with Crippen LogP contribution in [0.1, 0.15) is 34.5 Å². The fourth-order valence-corrected chi connectivity index (χ4v) is 3.72. The lowest BCUT2D eigenvalue weighted by molar-refractivity contribution is -0.113. The molecule has 0 fully saturated rings. The highest BCUT2D eigenvalue weighted by molar-refractivity contribution is 6.07. The van der Waals surface area contributed by atoms with E-state index in [1.54, 1.807) is 54.1 Å². The van der Waals surface area contributed by atoms with Gasteiger partial charge in [0.1, 0.15) is 23.2 Å². The van der Waals surface area contributed by atoms with Gasteiger partial charge in [0.25, 0.3) is 11.8 Å². The predicted molar refractivity (Wildman–Crippen MR) is 118 cm³/mol. The summed E-state index contributed by atoms with van der Waals surface area (Å²) in [6.45, 7) is 1.75. The maximum absolute atomic E-state index is 13.5. The van der Waals surface area contributed by atoms with Crippen molar-refractivity contribution in [3.63, 3.8) is 0 Å². The van der Waals surface area contributed by atoms with E-state index < -0.39 is 11.9 Å². The number of fused-ring (bicyclic) bond motifs is 1. The topological polar surface area (TPSA) is 135 Å². The van der Waals surface area contributed by atoms with Gasteiger partial charge < -0.3 is 21.1 Å². The molecule has 0 saturated carbocycles. The van der Waals surface area contributed by atoms with E-state index in [2.05, 4.69) is 21.8 Å². The number of hydrogen-bond acceptors (Lipinski definition) is 6. The lowest BCUT2D eigenvalue weighted by Crippen LogP contribution is -2.32. The molecule has 1 unspecified atom stereocenters. The van der Waals surface area contributed by atoms with Crippen LogP contribution in [0.3, 0.4) is 0 Å². The molecule has 1 aliphatic rings. The van der Waals surface area contributed by atoms with Gasteiger partial charge >= 0.3 is 0 Å². The van der Waals surface area contributed by atoms with Gasteiger partial charge in [-0.25, -0.2) is 4.68 Å². The molecule has 3 aromatic rings. The number of nitriles is 1. The number of primary amides is 1. The zero-order valence-electron chi connectivity index (χ0n) is 17.4. The van der Waals surface area contributed by atoms with Gasteiger partial charge in [-0.2, -0.15) is 10.4 Å². The largest absolute Gasteiger partial charge is 0.495 e. The number of nitrogens with one attached hydrogen (secondary N) is 2. The van der Waals surface area contributed by atoms with Crippen LogP contribution in [0.5, 0.6) is 5.75 Å². The molecular weight excluding hydrogens is 408 g/mol. The van der Waals surface area contributed by atoms with Crippen molar-refractivity contribution < 1.29 is 14.3 Å². The van der Waals surface area contributed by atoms with Crippen LogP contribution in [-0.2, 0) is 4.79 Å². The Balaban J connectivity index is 1.82. The molecule has 1 aromatic heterocycles. The Hall–Kier alpha value is -4.58. The molecule has 0 bridgehead atoms. The predicted octanol–water partition coefficient (Wildman–Crippen LogP) is 2.79. The van der Waals surface area contributed by atoms with E-state index in [1.807, 2.05) is 6.07 Å². The van der Waals surface area contributed by atoms with Gasteiger partial charge in [0.15, 0.2) is 0 Å². The van der Waals surface area contributed by atoms with Crippen molar-refractivity contribution in [3.8, 4) is 11.8 Å². The summed E-state index contributed by atoms with van der Waals surface area (Å²) in [6.07, 6.45) is 1.37. The number of amides is 2. The third kappa shape index (κ3) is 3.54. The number of carbonyl (C=O) groups is 2. The van der Waals surface area contributed by atoms with Crippen LogP contribution in [0.2, 0.25) is 0 Å². The maximum atomic E-state index is 13.5. The SMILES string of the molecule is COc1ccccc1NC(=O)C1=C(C)Nc2c(C(N)=O)cnn2C1c1ccc(C#N)cc1. The lowest BCUT2D eigenvalue weighted by atomic mass is 9.94. The summed E-state index contributed by atoms with van der Waals surface area (Å²) in [5.74, 6) is -0.0746. The number of methoxy groups -OCH3 is 1. The summed E-state index contributed by atoms with van der Waals surface area (Å²) in [5, 5.41) is 19.5. The first-order valence-electron chi connectivity index (χ1n) is 9.74. The van der Waals surface area contributed by atoms with E-state index >= 15 is 0 Å². The van der Waals surface area contributed by atoms with Crippen LogP contribution in [0.25, 0.3) is 0 Å². The Morgan fingerprint density at radius 3 is 2.59 bits per heavy atom. The van der Waals surface area contributed by atoms with Gasteiger partial charge in [0.05, 0.1) is 36.2 Å². The Kier molecular flexibility index (Phi) is 5.35. The molecule has 0 radical (unpaired) electrons. The highest BCUT2D eigenvalue weighted by atomic mass is 16.5. The number of anilines is 2. The smallest absolute Gasteiger partial charge is 0.255 e. The summed E-state index contributed by atoms with van der Waals surface area (Å²) in [6, 6.07) is 15.4. The van der Waals surface area contributed by atoms with Gasteiger partial charge in [0, 0.05) is 5.70 Å². The molecule has 0 spiro atoms. The first kappa shape index (κ1) is 20.7. The molecule has 4 rings (SSSR count). The minimum atomic E-state index is -0.651. The Labute approximate surface area is 184 Å². The third-order valence-corrected chi connectivity index (χ3v) is 5.24. The summed E-state index contributed by atoms with van der Waals surface area (Å²) >= 11 is 0. The number of benzene rings is 2. The van der Waals surface area contributed by atoms with Crippen LogP contribution in [0.15, 0.2) is 66.0 Å². The molecule has 9 heteroatoms. The second-order valence-electron chi connectivity index (χ2n) is 7.17. The Bertz CT molecular complexity index is 1280. The van der Waals surface area contributed by atoms with E-state index in [1.165, 1.54) is 13.3 Å². The molecule has 2 aromatic carbocycles. The fraction of sp³-hybridized carbons (Fsp3) is 0.130. The molecule has 1 aliphatic heterocycles. The Morgan fingerprint density at radius 1 is 1.22 bits per heavy atom. The highest BCUT2D eigenvalue weighted by Gasteiger charge is 2.35. The van der Waals surface area contributed by atoms with Gasteiger partial charge in [-0.05, 0) is 36.8 Å².